The Balaban J connectivity index is 3.09. The first-order valence-electron chi connectivity index (χ1n) is 4.15. The minimum absolute atomic E-state index is 0.0592. The Morgan fingerprint density at radius 3 is 2.43 bits per heavy atom. The molecule has 0 aliphatic heterocycles. The van der Waals surface area contributed by atoms with Gasteiger partial charge < -0.3 is 5.73 Å². The lowest BCUT2D eigenvalue weighted by Gasteiger charge is -2.17. The number of hydrogen-bond acceptors (Lipinski definition) is 2. The van der Waals surface area contributed by atoms with Gasteiger partial charge in [-0.1, -0.05) is 6.92 Å². The minimum Gasteiger partial charge on any atom is -0.398 e. The SMILES string of the molecule is CCC1=C(N)C=C(C(F)(F)F)CC1=O. The fourth-order valence-corrected chi connectivity index (χ4v) is 1.35. The maximum atomic E-state index is 12.2. The molecule has 0 saturated carbocycles. The molecule has 0 fully saturated rings. The van der Waals surface area contributed by atoms with Crippen LogP contribution in [-0.4, -0.2) is 12.0 Å². The van der Waals surface area contributed by atoms with Gasteiger partial charge in [0.15, 0.2) is 5.78 Å². The minimum atomic E-state index is -4.46. The summed E-state index contributed by atoms with van der Waals surface area (Å²) in [5.41, 5.74) is 4.72. The smallest absolute Gasteiger partial charge is 0.398 e. The topological polar surface area (TPSA) is 43.1 Å². The Bertz CT molecular complexity index is 325. The molecule has 1 aliphatic carbocycles. The van der Waals surface area contributed by atoms with E-state index in [2.05, 4.69) is 0 Å². The second kappa shape index (κ2) is 3.48. The van der Waals surface area contributed by atoms with E-state index in [9.17, 15) is 18.0 Å². The van der Waals surface area contributed by atoms with Gasteiger partial charge in [-0.25, -0.2) is 0 Å². The molecule has 0 bridgehead atoms. The quantitative estimate of drug-likeness (QED) is 0.712. The molecule has 1 rings (SSSR count). The molecular formula is C9H10F3NO. The van der Waals surface area contributed by atoms with Gasteiger partial charge in [0.25, 0.3) is 0 Å². The van der Waals surface area contributed by atoms with Crippen LogP contribution in [0.4, 0.5) is 13.2 Å². The van der Waals surface area contributed by atoms with Crippen molar-refractivity contribution in [3.8, 4) is 0 Å². The van der Waals surface area contributed by atoms with Crippen LogP contribution in [0.25, 0.3) is 0 Å². The summed E-state index contributed by atoms with van der Waals surface area (Å²) in [6.45, 7) is 1.69. The molecule has 0 heterocycles. The summed E-state index contributed by atoms with van der Waals surface area (Å²) in [6, 6.07) is 0. The van der Waals surface area contributed by atoms with Crippen molar-refractivity contribution in [3.05, 3.63) is 22.9 Å². The number of ketones is 1. The molecule has 0 aromatic heterocycles. The summed E-state index contributed by atoms with van der Waals surface area (Å²) in [6.07, 6.45) is -3.83. The number of rotatable bonds is 1. The van der Waals surface area contributed by atoms with Crippen molar-refractivity contribution in [1.29, 1.82) is 0 Å². The number of allylic oxidation sites excluding steroid dienone is 3. The molecule has 1 aliphatic rings. The number of hydrogen-bond donors (Lipinski definition) is 1. The number of nitrogens with two attached hydrogens (primary N) is 1. The second-order valence-corrected chi connectivity index (χ2v) is 3.05. The van der Waals surface area contributed by atoms with E-state index >= 15 is 0 Å². The Morgan fingerprint density at radius 1 is 1.50 bits per heavy atom. The van der Waals surface area contributed by atoms with Crippen LogP contribution in [-0.2, 0) is 4.79 Å². The first-order chi connectivity index (χ1) is 6.36. The third kappa shape index (κ3) is 1.97. The first-order valence-corrected chi connectivity index (χ1v) is 4.15. The van der Waals surface area contributed by atoms with Crippen LogP contribution in [0.5, 0.6) is 0 Å². The summed E-state index contributed by atoms with van der Waals surface area (Å²) in [4.78, 5) is 11.2. The van der Waals surface area contributed by atoms with Crippen molar-refractivity contribution in [2.24, 2.45) is 5.73 Å². The maximum absolute atomic E-state index is 12.2. The van der Waals surface area contributed by atoms with E-state index in [1.54, 1.807) is 6.92 Å². The molecule has 0 aromatic carbocycles. The molecule has 78 valence electrons. The molecule has 0 amide bonds. The molecule has 2 nitrogen and oxygen atoms in total. The number of carbonyl (C=O) groups excluding carboxylic acids is 1. The van der Waals surface area contributed by atoms with Gasteiger partial charge >= 0.3 is 6.18 Å². The van der Waals surface area contributed by atoms with Gasteiger partial charge in [0.2, 0.25) is 0 Å². The van der Waals surface area contributed by atoms with Gasteiger partial charge in [-0.15, -0.1) is 0 Å². The molecule has 5 heteroatoms. The zero-order chi connectivity index (χ0) is 10.9. The number of Topliss-reactive ketones (excluding diaryl/α,β-unsaturated/α-hetero) is 1. The lowest BCUT2D eigenvalue weighted by Crippen LogP contribution is -2.22. The van der Waals surface area contributed by atoms with Crippen LogP contribution in [0.2, 0.25) is 0 Å². The van der Waals surface area contributed by atoms with Crippen molar-refractivity contribution in [2.45, 2.75) is 25.9 Å². The van der Waals surface area contributed by atoms with Gasteiger partial charge in [0, 0.05) is 23.3 Å². The molecule has 0 radical (unpaired) electrons. The molecular weight excluding hydrogens is 195 g/mol. The van der Waals surface area contributed by atoms with Crippen molar-refractivity contribution in [3.63, 3.8) is 0 Å². The molecule has 0 atom stereocenters. The van der Waals surface area contributed by atoms with Crippen molar-refractivity contribution in [1.82, 2.24) is 0 Å². The molecule has 0 saturated heterocycles. The van der Waals surface area contributed by atoms with Crippen LogP contribution >= 0.6 is 0 Å². The second-order valence-electron chi connectivity index (χ2n) is 3.05. The average molecular weight is 205 g/mol. The Kier molecular flexibility index (Phi) is 2.69. The van der Waals surface area contributed by atoms with Gasteiger partial charge in [0.1, 0.15) is 0 Å². The van der Waals surface area contributed by atoms with E-state index in [4.69, 9.17) is 5.73 Å². The van der Waals surface area contributed by atoms with E-state index in [0.717, 1.165) is 6.08 Å². The van der Waals surface area contributed by atoms with Crippen LogP contribution in [0.1, 0.15) is 19.8 Å². The van der Waals surface area contributed by atoms with E-state index in [0.29, 0.717) is 6.42 Å². The molecule has 0 unspecified atom stereocenters. The fraction of sp³-hybridized carbons (Fsp3) is 0.444. The van der Waals surface area contributed by atoms with Crippen LogP contribution in [0.3, 0.4) is 0 Å². The highest BCUT2D eigenvalue weighted by molar-refractivity contribution is 5.99. The standard InChI is InChI=1S/C9H10F3NO/c1-2-6-7(13)3-5(4-8(6)14)9(10,11)12/h3H,2,4,13H2,1H3. The van der Waals surface area contributed by atoms with Crippen LogP contribution in [0, 0.1) is 0 Å². The lowest BCUT2D eigenvalue weighted by atomic mass is 9.93. The highest BCUT2D eigenvalue weighted by Gasteiger charge is 2.37. The van der Waals surface area contributed by atoms with Gasteiger partial charge in [-0.2, -0.15) is 13.2 Å². The first kappa shape index (κ1) is 10.8. The van der Waals surface area contributed by atoms with Crippen LogP contribution in [0.15, 0.2) is 22.9 Å². The lowest BCUT2D eigenvalue weighted by molar-refractivity contribution is -0.120. The molecule has 14 heavy (non-hydrogen) atoms. The monoisotopic (exact) mass is 205 g/mol. The van der Waals surface area contributed by atoms with Gasteiger partial charge in [0.05, 0.1) is 0 Å². The molecule has 0 spiro atoms. The molecule has 2 N–H and O–H groups in total. The van der Waals surface area contributed by atoms with Crippen molar-refractivity contribution >= 4 is 5.78 Å². The number of carbonyl (C=O) groups is 1. The number of alkyl halides is 3. The largest absolute Gasteiger partial charge is 0.413 e. The van der Waals surface area contributed by atoms with E-state index in [-0.39, 0.29) is 11.3 Å². The van der Waals surface area contributed by atoms with Gasteiger partial charge in [-0.3, -0.25) is 4.79 Å². The maximum Gasteiger partial charge on any atom is 0.413 e. The summed E-state index contributed by atoms with van der Waals surface area (Å²) in [5.74, 6) is -0.528. The third-order valence-corrected chi connectivity index (χ3v) is 2.08. The Labute approximate surface area is 79.3 Å². The summed E-state index contributed by atoms with van der Waals surface area (Å²) in [5, 5.41) is 0. The van der Waals surface area contributed by atoms with Crippen molar-refractivity contribution < 1.29 is 18.0 Å². The highest BCUT2D eigenvalue weighted by Crippen LogP contribution is 2.33. The van der Waals surface area contributed by atoms with E-state index in [1.165, 1.54) is 0 Å². The Hall–Kier alpha value is -1.26. The van der Waals surface area contributed by atoms with Crippen LogP contribution < -0.4 is 5.73 Å². The zero-order valence-electron chi connectivity index (χ0n) is 7.61. The van der Waals surface area contributed by atoms with E-state index in [1.807, 2.05) is 0 Å². The fourth-order valence-electron chi connectivity index (χ4n) is 1.35. The predicted octanol–water partition coefficient (Wildman–Crippen LogP) is 2.07. The third-order valence-electron chi connectivity index (χ3n) is 2.08. The highest BCUT2D eigenvalue weighted by atomic mass is 19.4. The predicted molar refractivity (Wildman–Crippen MR) is 45.3 cm³/mol. The normalized spacial score (nSPS) is 18.6. The molecule has 0 aromatic rings. The summed E-state index contributed by atoms with van der Waals surface area (Å²) < 4.78 is 36.7. The number of halogens is 3. The summed E-state index contributed by atoms with van der Waals surface area (Å²) in [7, 11) is 0. The van der Waals surface area contributed by atoms with Gasteiger partial charge in [-0.05, 0) is 12.5 Å². The summed E-state index contributed by atoms with van der Waals surface area (Å²) >= 11 is 0. The van der Waals surface area contributed by atoms with E-state index < -0.39 is 24.0 Å². The average Bonchev–Trinajstić information content (AvgIpc) is 2.01. The Morgan fingerprint density at radius 2 is 2.07 bits per heavy atom. The van der Waals surface area contributed by atoms with Crippen molar-refractivity contribution in [2.75, 3.05) is 0 Å². The zero-order valence-corrected chi connectivity index (χ0v) is 7.61.